The Bertz CT molecular complexity index is 900. The molecule has 0 bridgehead atoms. The van der Waals surface area contributed by atoms with Gasteiger partial charge in [0.25, 0.3) is 5.56 Å². The highest BCUT2D eigenvalue weighted by Gasteiger charge is 2.24. The molecule has 1 aromatic heterocycles. The smallest absolute Gasteiger partial charge is 0.330 e. The van der Waals surface area contributed by atoms with E-state index >= 15 is 0 Å². The van der Waals surface area contributed by atoms with Crippen molar-refractivity contribution in [2.24, 2.45) is 5.92 Å². The molecule has 0 saturated carbocycles. The SMILES string of the molecule is CCCCC(=O)N(CCC(C)C)c1c(N)n(Cc2ccccc2)c(=O)[nH]c1=O. The molecule has 28 heavy (non-hydrogen) atoms. The van der Waals surface area contributed by atoms with E-state index in [-0.39, 0.29) is 24.0 Å². The Labute approximate surface area is 165 Å². The van der Waals surface area contributed by atoms with Crippen LogP contribution in [0.25, 0.3) is 0 Å². The monoisotopic (exact) mass is 386 g/mol. The predicted molar refractivity (Wildman–Crippen MR) is 113 cm³/mol. The molecule has 0 saturated heterocycles. The van der Waals surface area contributed by atoms with Crippen molar-refractivity contribution in [3.8, 4) is 0 Å². The summed E-state index contributed by atoms with van der Waals surface area (Å²) in [7, 11) is 0. The summed E-state index contributed by atoms with van der Waals surface area (Å²) in [5, 5.41) is 0. The molecule has 1 amide bonds. The Morgan fingerprint density at radius 2 is 1.89 bits per heavy atom. The van der Waals surface area contributed by atoms with E-state index in [1.807, 2.05) is 37.3 Å². The maximum absolute atomic E-state index is 12.8. The maximum atomic E-state index is 12.8. The van der Waals surface area contributed by atoms with E-state index in [0.717, 1.165) is 24.8 Å². The highest BCUT2D eigenvalue weighted by atomic mass is 16.2. The number of nitrogen functional groups attached to an aromatic ring is 1. The first kappa shape index (κ1) is 21.5. The average Bonchev–Trinajstić information content (AvgIpc) is 2.66. The van der Waals surface area contributed by atoms with Gasteiger partial charge < -0.3 is 10.6 Å². The van der Waals surface area contributed by atoms with Gasteiger partial charge in [-0.25, -0.2) is 4.79 Å². The number of carbonyl (C=O) groups is 1. The Hall–Kier alpha value is -2.83. The van der Waals surface area contributed by atoms with Crippen LogP contribution in [-0.4, -0.2) is 22.0 Å². The molecule has 0 radical (unpaired) electrons. The second-order valence-corrected chi connectivity index (χ2v) is 7.40. The van der Waals surface area contributed by atoms with E-state index in [1.54, 1.807) is 0 Å². The summed E-state index contributed by atoms with van der Waals surface area (Å²) >= 11 is 0. The van der Waals surface area contributed by atoms with Gasteiger partial charge in [0.15, 0.2) is 5.69 Å². The number of benzene rings is 1. The van der Waals surface area contributed by atoms with Crippen LogP contribution in [0.2, 0.25) is 0 Å². The molecule has 0 aliphatic rings. The molecule has 7 nitrogen and oxygen atoms in total. The third-order valence-corrected chi connectivity index (χ3v) is 4.64. The molecule has 0 aliphatic heterocycles. The van der Waals surface area contributed by atoms with Gasteiger partial charge in [0.2, 0.25) is 5.91 Å². The van der Waals surface area contributed by atoms with Crippen molar-refractivity contribution >= 4 is 17.4 Å². The van der Waals surface area contributed by atoms with Gasteiger partial charge in [-0.1, -0.05) is 57.5 Å². The van der Waals surface area contributed by atoms with Gasteiger partial charge in [-0.3, -0.25) is 19.1 Å². The summed E-state index contributed by atoms with van der Waals surface area (Å²) in [5.74, 6) is 0.229. The number of rotatable bonds is 9. The van der Waals surface area contributed by atoms with Crippen molar-refractivity contribution in [3.63, 3.8) is 0 Å². The lowest BCUT2D eigenvalue weighted by Gasteiger charge is -2.25. The van der Waals surface area contributed by atoms with Crippen LogP contribution in [0.5, 0.6) is 0 Å². The van der Waals surface area contributed by atoms with Crippen LogP contribution in [0.3, 0.4) is 0 Å². The van der Waals surface area contributed by atoms with Crippen molar-refractivity contribution in [1.29, 1.82) is 0 Å². The third kappa shape index (κ3) is 5.34. The molecule has 152 valence electrons. The van der Waals surface area contributed by atoms with Gasteiger partial charge >= 0.3 is 5.69 Å². The molecule has 0 spiro atoms. The van der Waals surface area contributed by atoms with Crippen LogP contribution in [0.15, 0.2) is 39.9 Å². The van der Waals surface area contributed by atoms with Crippen LogP contribution < -0.4 is 21.9 Å². The molecular formula is C21H30N4O3. The van der Waals surface area contributed by atoms with Crippen molar-refractivity contribution in [1.82, 2.24) is 9.55 Å². The zero-order valence-electron chi connectivity index (χ0n) is 16.9. The molecule has 1 heterocycles. The molecule has 7 heteroatoms. The van der Waals surface area contributed by atoms with Crippen molar-refractivity contribution < 1.29 is 4.79 Å². The summed E-state index contributed by atoms with van der Waals surface area (Å²) in [6.45, 7) is 6.72. The zero-order valence-corrected chi connectivity index (χ0v) is 16.9. The van der Waals surface area contributed by atoms with Crippen molar-refractivity contribution in [3.05, 3.63) is 56.7 Å². The largest absolute Gasteiger partial charge is 0.383 e. The van der Waals surface area contributed by atoms with Gasteiger partial charge in [-0.05, 0) is 24.3 Å². The summed E-state index contributed by atoms with van der Waals surface area (Å²) in [6, 6.07) is 9.37. The molecule has 0 aliphatic carbocycles. The summed E-state index contributed by atoms with van der Waals surface area (Å²) < 4.78 is 1.31. The van der Waals surface area contributed by atoms with Crippen molar-refractivity contribution in [2.45, 2.75) is 53.0 Å². The number of unbranched alkanes of at least 4 members (excludes halogenated alkanes) is 1. The van der Waals surface area contributed by atoms with Crippen LogP contribution >= 0.6 is 0 Å². The van der Waals surface area contributed by atoms with E-state index in [9.17, 15) is 14.4 Å². The highest BCUT2D eigenvalue weighted by molar-refractivity contribution is 5.95. The fourth-order valence-electron chi connectivity index (χ4n) is 2.97. The van der Waals surface area contributed by atoms with Crippen LogP contribution in [0.1, 0.15) is 52.0 Å². The first-order chi connectivity index (χ1) is 13.3. The number of H-pyrrole nitrogens is 1. The number of carbonyl (C=O) groups excluding carboxylic acids is 1. The molecular weight excluding hydrogens is 356 g/mol. The second kappa shape index (κ2) is 9.92. The van der Waals surface area contributed by atoms with Crippen LogP contribution in [0.4, 0.5) is 11.5 Å². The maximum Gasteiger partial charge on any atom is 0.330 e. The van der Waals surface area contributed by atoms with Gasteiger partial charge in [-0.15, -0.1) is 0 Å². The molecule has 2 rings (SSSR count). The molecule has 3 N–H and O–H groups in total. The Morgan fingerprint density at radius 1 is 1.21 bits per heavy atom. The summed E-state index contributed by atoms with van der Waals surface area (Å²) in [4.78, 5) is 41.5. The fourth-order valence-corrected chi connectivity index (χ4v) is 2.97. The quantitative estimate of drug-likeness (QED) is 0.692. The standard InChI is InChI=1S/C21H30N4O3/c1-4-5-11-17(26)24(13-12-15(2)3)18-19(22)25(21(28)23-20(18)27)14-16-9-7-6-8-10-16/h6-10,15H,4-5,11-14,22H2,1-3H3,(H,23,27,28). The van der Waals surface area contributed by atoms with Crippen LogP contribution in [-0.2, 0) is 11.3 Å². The molecule has 1 aromatic carbocycles. The van der Waals surface area contributed by atoms with E-state index in [0.29, 0.717) is 18.9 Å². The van der Waals surface area contributed by atoms with E-state index < -0.39 is 11.2 Å². The normalized spacial score (nSPS) is 11.0. The second-order valence-electron chi connectivity index (χ2n) is 7.40. The zero-order chi connectivity index (χ0) is 20.7. The van der Waals surface area contributed by atoms with Gasteiger partial charge in [-0.2, -0.15) is 0 Å². The van der Waals surface area contributed by atoms with Crippen LogP contribution in [0, 0.1) is 5.92 Å². The summed E-state index contributed by atoms with van der Waals surface area (Å²) in [6.07, 6.45) is 2.68. The number of hydrogen-bond acceptors (Lipinski definition) is 4. The molecule has 2 aromatic rings. The number of aromatic nitrogens is 2. The fraction of sp³-hybridized carbons (Fsp3) is 0.476. The van der Waals surface area contributed by atoms with Gasteiger partial charge in [0, 0.05) is 13.0 Å². The number of hydrogen-bond donors (Lipinski definition) is 2. The number of anilines is 2. The topological polar surface area (TPSA) is 101 Å². The molecule has 0 unspecified atom stereocenters. The minimum absolute atomic E-state index is 0.0196. The Balaban J connectivity index is 2.49. The first-order valence-corrected chi connectivity index (χ1v) is 9.82. The first-order valence-electron chi connectivity index (χ1n) is 9.82. The predicted octanol–water partition coefficient (Wildman–Crippen LogP) is 2.74. The van der Waals surface area contributed by atoms with Crippen molar-refractivity contribution in [2.75, 3.05) is 17.2 Å². The van der Waals surface area contributed by atoms with E-state index in [4.69, 9.17) is 5.73 Å². The number of amides is 1. The lowest BCUT2D eigenvalue weighted by molar-refractivity contribution is -0.118. The number of aromatic amines is 1. The highest BCUT2D eigenvalue weighted by Crippen LogP contribution is 2.20. The lowest BCUT2D eigenvalue weighted by atomic mass is 10.1. The molecule has 0 atom stereocenters. The third-order valence-electron chi connectivity index (χ3n) is 4.64. The number of nitrogens with zero attached hydrogens (tertiary/aromatic N) is 2. The Morgan fingerprint density at radius 3 is 2.50 bits per heavy atom. The minimum Gasteiger partial charge on any atom is -0.383 e. The number of nitrogens with two attached hydrogens (primary N) is 1. The summed E-state index contributed by atoms with van der Waals surface area (Å²) in [5.41, 5.74) is 5.99. The van der Waals surface area contributed by atoms with E-state index in [2.05, 4.69) is 18.8 Å². The van der Waals surface area contributed by atoms with Gasteiger partial charge in [0.1, 0.15) is 5.82 Å². The Kier molecular flexibility index (Phi) is 7.61. The van der Waals surface area contributed by atoms with Gasteiger partial charge in [0.05, 0.1) is 6.54 Å². The lowest BCUT2D eigenvalue weighted by Crippen LogP contribution is -2.42. The molecule has 0 fully saturated rings. The van der Waals surface area contributed by atoms with E-state index in [1.165, 1.54) is 9.47 Å². The average molecular weight is 386 g/mol. The number of nitrogens with one attached hydrogen (secondary N) is 1. The minimum atomic E-state index is -0.625.